The van der Waals surface area contributed by atoms with E-state index in [1.165, 1.54) is 8.61 Å². The van der Waals surface area contributed by atoms with Gasteiger partial charge in [0.25, 0.3) is 10.2 Å². The minimum atomic E-state index is -3.61. The summed E-state index contributed by atoms with van der Waals surface area (Å²) in [6, 6.07) is 9.36. The SMILES string of the molecule is CN(Cc1ccc(-n2cccn2)cc1)S(=O)(=O)N1CCC(C(=O)O)CC1. The Morgan fingerprint density at radius 3 is 2.46 bits per heavy atom. The normalized spacial score (nSPS) is 16.8. The van der Waals surface area contributed by atoms with E-state index in [0.29, 0.717) is 12.8 Å². The Kier molecular flexibility index (Phi) is 5.40. The summed E-state index contributed by atoms with van der Waals surface area (Å²) in [4.78, 5) is 11.0. The standard InChI is InChI=1S/C17H22N4O4S/c1-19(26(24,25)20-11-7-15(8-12-20)17(22)23)13-14-3-5-16(6-4-14)21-10-2-9-18-21/h2-6,9-10,15H,7-8,11-13H2,1H3,(H,22,23). The first-order valence-electron chi connectivity index (χ1n) is 8.41. The molecule has 26 heavy (non-hydrogen) atoms. The van der Waals surface area contributed by atoms with Crippen molar-refractivity contribution in [3.63, 3.8) is 0 Å². The summed E-state index contributed by atoms with van der Waals surface area (Å²) in [6.45, 7) is 0.727. The maximum Gasteiger partial charge on any atom is 0.306 e. The van der Waals surface area contributed by atoms with Crippen LogP contribution in [0.5, 0.6) is 0 Å². The van der Waals surface area contributed by atoms with Crippen LogP contribution >= 0.6 is 0 Å². The molecule has 1 N–H and O–H groups in total. The summed E-state index contributed by atoms with van der Waals surface area (Å²) in [6.07, 6.45) is 4.23. The van der Waals surface area contributed by atoms with E-state index in [2.05, 4.69) is 5.10 Å². The first-order chi connectivity index (χ1) is 12.4. The number of piperidine rings is 1. The third-order valence-corrected chi connectivity index (χ3v) is 6.57. The second kappa shape index (κ2) is 7.56. The topological polar surface area (TPSA) is 95.7 Å². The fraction of sp³-hybridized carbons (Fsp3) is 0.412. The van der Waals surface area contributed by atoms with E-state index in [1.807, 2.05) is 36.5 Å². The molecule has 0 saturated carbocycles. The molecule has 0 amide bonds. The molecule has 0 bridgehead atoms. The smallest absolute Gasteiger partial charge is 0.306 e. The highest BCUT2D eigenvalue weighted by molar-refractivity contribution is 7.86. The first kappa shape index (κ1) is 18.6. The highest BCUT2D eigenvalue weighted by Gasteiger charge is 2.33. The number of benzene rings is 1. The molecule has 0 spiro atoms. The Morgan fingerprint density at radius 1 is 1.27 bits per heavy atom. The molecule has 0 aliphatic carbocycles. The zero-order valence-electron chi connectivity index (χ0n) is 14.5. The Hall–Kier alpha value is -2.23. The monoisotopic (exact) mass is 378 g/mol. The van der Waals surface area contributed by atoms with Crippen molar-refractivity contribution in [2.75, 3.05) is 20.1 Å². The van der Waals surface area contributed by atoms with Crippen LogP contribution in [0.4, 0.5) is 0 Å². The number of rotatable bonds is 6. The van der Waals surface area contributed by atoms with Gasteiger partial charge in [0.15, 0.2) is 0 Å². The van der Waals surface area contributed by atoms with Crippen molar-refractivity contribution < 1.29 is 18.3 Å². The number of aliphatic carboxylic acids is 1. The molecule has 1 fully saturated rings. The maximum atomic E-state index is 12.7. The summed E-state index contributed by atoms with van der Waals surface area (Å²) in [7, 11) is -2.06. The van der Waals surface area contributed by atoms with Gasteiger partial charge in [0, 0.05) is 39.1 Å². The highest BCUT2D eigenvalue weighted by atomic mass is 32.2. The van der Waals surface area contributed by atoms with E-state index in [0.717, 1.165) is 11.3 Å². The van der Waals surface area contributed by atoms with E-state index in [-0.39, 0.29) is 19.6 Å². The van der Waals surface area contributed by atoms with Crippen LogP contribution in [0.25, 0.3) is 5.69 Å². The van der Waals surface area contributed by atoms with Crippen LogP contribution in [-0.4, -0.2) is 58.0 Å². The van der Waals surface area contributed by atoms with Crippen LogP contribution in [0.2, 0.25) is 0 Å². The summed E-state index contributed by atoms with van der Waals surface area (Å²) in [5.41, 5.74) is 1.77. The highest BCUT2D eigenvalue weighted by Crippen LogP contribution is 2.22. The summed E-state index contributed by atoms with van der Waals surface area (Å²) in [5.74, 6) is -1.31. The third-order valence-electron chi connectivity index (χ3n) is 4.63. The molecule has 2 aromatic rings. The molecule has 0 unspecified atom stereocenters. The lowest BCUT2D eigenvalue weighted by Crippen LogP contribution is -2.46. The molecular formula is C17H22N4O4S. The van der Waals surface area contributed by atoms with E-state index in [9.17, 15) is 13.2 Å². The molecule has 0 atom stereocenters. The Balaban J connectivity index is 1.63. The van der Waals surface area contributed by atoms with Gasteiger partial charge in [-0.05, 0) is 36.6 Å². The van der Waals surface area contributed by atoms with Crippen LogP contribution in [0, 0.1) is 5.92 Å². The van der Waals surface area contributed by atoms with Gasteiger partial charge in [0.2, 0.25) is 0 Å². The second-order valence-corrected chi connectivity index (χ2v) is 8.43. The van der Waals surface area contributed by atoms with Crippen molar-refractivity contribution in [2.24, 2.45) is 5.92 Å². The lowest BCUT2D eigenvalue weighted by atomic mass is 9.99. The van der Waals surface area contributed by atoms with Gasteiger partial charge in [-0.1, -0.05) is 12.1 Å². The fourth-order valence-corrected chi connectivity index (χ4v) is 4.42. The number of aromatic nitrogens is 2. The average molecular weight is 378 g/mol. The maximum absolute atomic E-state index is 12.7. The van der Waals surface area contributed by atoms with Gasteiger partial charge in [0.1, 0.15) is 0 Å². The minimum absolute atomic E-state index is 0.238. The average Bonchev–Trinajstić information content (AvgIpc) is 3.17. The Morgan fingerprint density at radius 2 is 1.92 bits per heavy atom. The van der Waals surface area contributed by atoms with Gasteiger partial charge in [-0.25, -0.2) is 4.68 Å². The van der Waals surface area contributed by atoms with E-state index < -0.39 is 22.1 Å². The Labute approximate surface area is 152 Å². The Bertz CT molecular complexity index is 841. The molecule has 0 radical (unpaired) electrons. The molecule has 1 aliphatic heterocycles. The number of nitrogens with zero attached hydrogens (tertiary/aromatic N) is 4. The predicted octanol–water partition coefficient (Wildman–Crippen LogP) is 1.35. The number of carboxylic acids is 1. The minimum Gasteiger partial charge on any atom is -0.481 e. The van der Waals surface area contributed by atoms with Gasteiger partial charge in [-0.15, -0.1) is 0 Å². The van der Waals surface area contributed by atoms with Crippen molar-refractivity contribution in [3.05, 3.63) is 48.3 Å². The lowest BCUT2D eigenvalue weighted by Gasteiger charge is -2.32. The quantitative estimate of drug-likeness (QED) is 0.818. The van der Waals surface area contributed by atoms with Crippen LogP contribution in [-0.2, 0) is 21.5 Å². The third kappa shape index (κ3) is 3.95. The van der Waals surface area contributed by atoms with Gasteiger partial charge in [0.05, 0.1) is 11.6 Å². The molecule has 1 aromatic heterocycles. The van der Waals surface area contributed by atoms with Crippen molar-refractivity contribution in [1.82, 2.24) is 18.4 Å². The van der Waals surface area contributed by atoms with Crippen LogP contribution in [0.15, 0.2) is 42.7 Å². The number of hydrogen-bond acceptors (Lipinski definition) is 4. The molecule has 8 nitrogen and oxygen atoms in total. The predicted molar refractivity (Wildman–Crippen MR) is 95.9 cm³/mol. The van der Waals surface area contributed by atoms with Gasteiger partial charge in [-0.3, -0.25) is 4.79 Å². The van der Waals surface area contributed by atoms with E-state index in [1.54, 1.807) is 17.9 Å². The van der Waals surface area contributed by atoms with Gasteiger partial charge < -0.3 is 5.11 Å². The number of carboxylic acid groups (broad SMARTS) is 1. The van der Waals surface area contributed by atoms with Crippen LogP contribution < -0.4 is 0 Å². The largest absolute Gasteiger partial charge is 0.481 e. The first-order valence-corrected chi connectivity index (χ1v) is 9.81. The van der Waals surface area contributed by atoms with E-state index in [4.69, 9.17) is 5.11 Å². The molecule has 1 aliphatic rings. The fourth-order valence-electron chi connectivity index (χ4n) is 3.04. The molecule has 9 heteroatoms. The summed E-state index contributed by atoms with van der Waals surface area (Å²) in [5, 5.41) is 13.2. The summed E-state index contributed by atoms with van der Waals surface area (Å²) < 4.78 is 29.8. The van der Waals surface area contributed by atoms with E-state index >= 15 is 0 Å². The van der Waals surface area contributed by atoms with Crippen molar-refractivity contribution in [3.8, 4) is 5.69 Å². The van der Waals surface area contributed by atoms with Gasteiger partial charge in [-0.2, -0.15) is 22.1 Å². The lowest BCUT2D eigenvalue weighted by molar-refractivity contribution is -0.142. The van der Waals surface area contributed by atoms with Crippen molar-refractivity contribution >= 4 is 16.2 Å². The summed E-state index contributed by atoms with van der Waals surface area (Å²) >= 11 is 0. The van der Waals surface area contributed by atoms with Gasteiger partial charge >= 0.3 is 5.97 Å². The molecule has 2 heterocycles. The molecule has 140 valence electrons. The molecule has 1 aromatic carbocycles. The van der Waals surface area contributed by atoms with Crippen molar-refractivity contribution in [2.45, 2.75) is 19.4 Å². The van der Waals surface area contributed by atoms with Crippen LogP contribution in [0.3, 0.4) is 0 Å². The van der Waals surface area contributed by atoms with Crippen molar-refractivity contribution in [1.29, 1.82) is 0 Å². The number of carbonyl (C=O) groups is 1. The zero-order valence-corrected chi connectivity index (χ0v) is 15.3. The molecular weight excluding hydrogens is 356 g/mol. The molecule has 3 rings (SSSR count). The second-order valence-electron chi connectivity index (χ2n) is 6.39. The zero-order chi connectivity index (χ0) is 18.7. The molecule has 1 saturated heterocycles. The number of hydrogen-bond donors (Lipinski definition) is 1. The van der Waals surface area contributed by atoms with Crippen LogP contribution in [0.1, 0.15) is 18.4 Å².